The number of hydrogen-bond donors (Lipinski definition) is 0. The van der Waals surface area contributed by atoms with Crippen LogP contribution in [0.1, 0.15) is 0 Å². The van der Waals surface area contributed by atoms with Crippen molar-refractivity contribution in [1.29, 1.82) is 0 Å². The SMILES string of the molecule is c1ccc2c(c1)-c1ccccc1N1B3N(c4ccccc4-2)c2ccccc2N3c2ccccc21. The van der Waals surface area contributed by atoms with Gasteiger partial charge in [-0.15, -0.1) is 0 Å². The summed E-state index contributed by atoms with van der Waals surface area (Å²) in [5, 5.41) is 0. The van der Waals surface area contributed by atoms with E-state index in [4.69, 9.17) is 0 Å². The van der Waals surface area contributed by atoms with E-state index in [1.807, 2.05) is 0 Å². The largest absolute Gasteiger partial charge is 0.519 e. The topological polar surface area (TPSA) is 9.72 Å². The lowest BCUT2D eigenvalue weighted by atomic mass is 9.85. The molecule has 34 heavy (non-hydrogen) atoms. The standard InChI is InChI=1S/C30H20BN3/c1-2-12-22-21(11-1)23-13-3-5-15-25(23)32-27-17-7-9-19-29(27)34-30-20-10-8-18-28(30)33(31(32)34)26-16-6-4-14-24(22)26/h1-20H. The van der Waals surface area contributed by atoms with Gasteiger partial charge >= 0.3 is 7.12 Å². The normalized spacial score (nSPS) is 14.2. The van der Waals surface area contributed by atoms with Gasteiger partial charge in [-0.25, -0.2) is 0 Å². The molecule has 0 amide bonds. The van der Waals surface area contributed by atoms with Crippen molar-refractivity contribution >= 4 is 41.2 Å². The van der Waals surface area contributed by atoms with Crippen LogP contribution < -0.4 is 14.4 Å². The Kier molecular flexibility index (Phi) is 3.48. The maximum Gasteiger partial charge on any atom is 0.519 e. The zero-order valence-electron chi connectivity index (χ0n) is 18.5. The minimum Gasteiger partial charge on any atom is -0.343 e. The molecule has 0 saturated heterocycles. The summed E-state index contributed by atoms with van der Waals surface area (Å²) >= 11 is 0. The van der Waals surface area contributed by atoms with E-state index in [-0.39, 0.29) is 7.12 Å². The van der Waals surface area contributed by atoms with Gasteiger partial charge in [0, 0.05) is 22.5 Å². The lowest BCUT2D eigenvalue weighted by Crippen LogP contribution is -2.51. The Morgan fingerprint density at radius 1 is 0.294 bits per heavy atom. The van der Waals surface area contributed by atoms with E-state index in [0.29, 0.717) is 0 Å². The van der Waals surface area contributed by atoms with Crippen molar-refractivity contribution in [3.8, 4) is 22.3 Å². The fourth-order valence-electron chi connectivity index (χ4n) is 6.00. The average molecular weight is 433 g/mol. The highest BCUT2D eigenvalue weighted by Gasteiger charge is 2.54. The van der Waals surface area contributed by atoms with Crippen LogP contribution in [0.2, 0.25) is 0 Å². The van der Waals surface area contributed by atoms with Crippen LogP contribution in [0.5, 0.6) is 0 Å². The van der Waals surface area contributed by atoms with Crippen LogP contribution >= 0.6 is 0 Å². The second-order valence-corrected chi connectivity index (χ2v) is 9.01. The van der Waals surface area contributed by atoms with Gasteiger partial charge in [-0.05, 0) is 47.5 Å². The highest BCUT2D eigenvalue weighted by molar-refractivity contribution is 6.80. The molecule has 3 aliphatic rings. The average Bonchev–Trinajstić information content (AvgIpc) is 3.42. The third-order valence-electron chi connectivity index (χ3n) is 7.33. The van der Waals surface area contributed by atoms with Crippen molar-refractivity contribution in [2.45, 2.75) is 0 Å². The first kappa shape index (κ1) is 18.0. The molecule has 3 heterocycles. The molecule has 3 nitrogen and oxygen atoms in total. The molecule has 0 atom stereocenters. The molecule has 0 radical (unpaired) electrons. The van der Waals surface area contributed by atoms with Crippen molar-refractivity contribution in [3.05, 3.63) is 121 Å². The molecule has 4 heteroatoms. The summed E-state index contributed by atoms with van der Waals surface area (Å²) in [6, 6.07) is 44.1. The number of fused-ring (bicyclic) bond motifs is 13. The third kappa shape index (κ3) is 2.18. The van der Waals surface area contributed by atoms with Gasteiger partial charge in [0.2, 0.25) is 0 Å². The highest BCUT2D eigenvalue weighted by atomic mass is 15.4. The zero-order valence-corrected chi connectivity index (χ0v) is 18.5. The molecule has 0 aliphatic carbocycles. The predicted molar refractivity (Wildman–Crippen MR) is 142 cm³/mol. The first-order chi connectivity index (χ1) is 16.9. The molecule has 0 unspecified atom stereocenters. The van der Waals surface area contributed by atoms with Crippen LogP contribution in [-0.4, -0.2) is 7.12 Å². The lowest BCUT2D eigenvalue weighted by molar-refractivity contribution is 1.33. The Labute approximate surface area is 199 Å². The summed E-state index contributed by atoms with van der Waals surface area (Å²) in [6.07, 6.45) is 0. The molecular weight excluding hydrogens is 413 g/mol. The summed E-state index contributed by atoms with van der Waals surface area (Å²) in [5.74, 6) is 0. The number of nitrogens with zero attached hydrogens (tertiary/aromatic N) is 3. The Bertz CT molecular complexity index is 1490. The molecule has 0 spiro atoms. The van der Waals surface area contributed by atoms with E-state index >= 15 is 0 Å². The zero-order chi connectivity index (χ0) is 22.2. The van der Waals surface area contributed by atoms with Crippen LogP contribution in [0.4, 0.5) is 34.1 Å². The van der Waals surface area contributed by atoms with Gasteiger partial charge in [-0.2, -0.15) is 0 Å². The smallest absolute Gasteiger partial charge is 0.343 e. The summed E-state index contributed by atoms with van der Waals surface area (Å²) in [5.41, 5.74) is 12.4. The number of hydrogen-bond acceptors (Lipinski definition) is 3. The Balaban J connectivity index is 1.57. The molecule has 0 saturated carbocycles. The van der Waals surface area contributed by atoms with Gasteiger partial charge in [0.15, 0.2) is 0 Å². The monoisotopic (exact) mass is 433 g/mol. The van der Waals surface area contributed by atoms with Crippen molar-refractivity contribution in [2.24, 2.45) is 0 Å². The highest BCUT2D eigenvalue weighted by Crippen LogP contribution is 2.58. The van der Waals surface area contributed by atoms with Gasteiger partial charge in [-0.3, -0.25) is 0 Å². The Hall–Kier alpha value is -4.44. The molecule has 158 valence electrons. The van der Waals surface area contributed by atoms with Crippen LogP contribution in [0, 0.1) is 0 Å². The van der Waals surface area contributed by atoms with Crippen LogP contribution in [0.3, 0.4) is 0 Å². The van der Waals surface area contributed by atoms with Gasteiger partial charge in [0.05, 0.1) is 22.7 Å². The molecule has 5 aromatic carbocycles. The minimum absolute atomic E-state index is 0.0218. The predicted octanol–water partition coefficient (Wildman–Crippen LogP) is 7.76. The molecule has 0 bridgehead atoms. The number of rotatable bonds is 0. The molecule has 8 rings (SSSR count). The van der Waals surface area contributed by atoms with E-state index < -0.39 is 0 Å². The van der Waals surface area contributed by atoms with Gasteiger partial charge in [0.1, 0.15) is 0 Å². The maximum absolute atomic E-state index is 2.52. The lowest BCUT2D eigenvalue weighted by Gasteiger charge is -2.32. The molecule has 0 N–H and O–H groups in total. The number of anilines is 6. The molecular formula is C30H20BN3. The van der Waals surface area contributed by atoms with E-state index in [1.54, 1.807) is 0 Å². The number of benzene rings is 5. The third-order valence-corrected chi connectivity index (χ3v) is 7.33. The summed E-state index contributed by atoms with van der Waals surface area (Å²) in [4.78, 5) is 7.53. The Morgan fingerprint density at radius 3 is 0.941 bits per heavy atom. The fraction of sp³-hybridized carbons (Fsp3) is 0. The van der Waals surface area contributed by atoms with E-state index in [2.05, 4.69) is 136 Å². The summed E-state index contributed by atoms with van der Waals surface area (Å²) < 4.78 is 0. The van der Waals surface area contributed by atoms with E-state index in [0.717, 1.165) is 0 Å². The first-order valence-electron chi connectivity index (χ1n) is 11.8. The van der Waals surface area contributed by atoms with E-state index in [1.165, 1.54) is 56.4 Å². The maximum atomic E-state index is 2.52. The molecule has 0 aromatic heterocycles. The van der Waals surface area contributed by atoms with Crippen LogP contribution in [-0.2, 0) is 0 Å². The summed E-state index contributed by atoms with van der Waals surface area (Å²) in [6.45, 7) is 0. The summed E-state index contributed by atoms with van der Waals surface area (Å²) in [7, 11) is -0.0218. The number of para-hydroxylation sites is 6. The van der Waals surface area contributed by atoms with Crippen LogP contribution in [0.25, 0.3) is 22.3 Å². The van der Waals surface area contributed by atoms with Crippen LogP contribution in [0.15, 0.2) is 121 Å². The van der Waals surface area contributed by atoms with Gasteiger partial charge in [-0.1, -0.05) is 84.9 Å². The molecule has 3 aliphatic heterocycles. The fourth-order valence-corrected chi connectivity index (χ4v) is 6.00. The van der Waals surface area contributed by atoms with Gasteiger partial charge in [0.25, 0.3) is 0 Å². The second-order valence-electron chi connectivity index (χ2n) is 9.01. The van der Waals surface area contributed by atoms with Crippen molar-refractivity contribution in [2.75, 3.05) is 14.4 Å². The molecule has 0 fully saturated rings. The van der Waals surface area contributed by atoms with Gasteiger partial charge < -0.3 is 14.4 Å². The quantitative estimate of drug-likeness (QED) is 0.231. The van der Waals surface area contributed by atoms with Crippen molar-refractivity contribution < 1.29 is 0 Å². The molecule has 5 aromatic rings. The van der Waals surface area contributed by atoms with Crippen molar-refractivity contribution in [1.82, 2.24) is 0 Å². The van der Waals surface area contributed by atoms with E-state index in [9.17, 15) is 0 Å². The van der Waals surface area contributed by atoms with Crippen molar-refractivity contribution in [3.63, 3.8) is 0 Å². The first-order valence-corrected chi connectivity index (χ1v) is 11.8. The second kappa shape index (κ2) is 6.55. The Morgan fingerprint density at radius 2 is 0.559 bits per heavy atom. The minimum atomic E-state index is -0.0218.